The molecule has 0 bridgehead atoms. The number of hydrogen-bond acceptors (Lipinski definition) is 4. The predicted molar refractivity (Wildman–Crippen MR) is 103 cm³/mol. The van der Waals surface area contributed by atoms with Crippen LogP contribution in [0.5, 0.6) is 0 Å². The number of fused-ring (bicyclic) bond motifs is 2. The third-order valence-electron chi connectivity index (χ3n) is 5.04. The summed E-state index contributed by atoms with van der Waals surface area (Å²) in [5.74, 6) is 0.827. The smallest absolute Gasteiger partial charge is 0.339 e. The van der Waals surface area contributed by atoms with Gasteiger partial charge >= 0.3 is 5.63 Å². The molecule has 0 saturated carbocycles. The van der Waals surface area contributed by atoms with Crippen molar-refractivity contribution in [1.82, 2.24) is 5.32 Å². The average molecular weight is 355 g/mol. The van der Waals surface area contributed by atoms with Crippen LogP contribution in [0.4, 0.5) is 0 Å². The SMILES string of the molecule is CCCCNC(=O)CCc1c(C)c2cc3c(C)c(C)oc3cc2oc1=O. The van der Waals surface area contributed by atoms with Gasteiger partial charge in [-0.25, -0.2) is 4.79 Å². The van der Waals surface area contributed by atoms with Crippen molar-refractivity contribution < 1.29 is 13.6 Å². The van der Waals surface area contributed by atoms with Gasteiger partial charge in [-0.05, 0) is 50.8 Å². The van der Waals surface area contributed by atoms with E-state index < -0.39 is 0 Å². The van der Waals surface area contributed by atoms with Gasteiger partial charge in [0.05, 0.1) is 0 Å². The molecule has 1 aromatic carbocycles. The molecule has 0 unspecified atom stereocenters. The molecule has 0 aliphatic heterocycles. The number of hydrogen-bond donors (Lipinski definition) is 1. The summed E-state index contributed by atoms with van der Waals surface area (Å²) in [4.78, 5) is 24.3. The Balaban J connectivity index is 1.93. The fraction of sp³-hybridized carbons (Fsp3) is 0.429. The largest absolute Gasteiger partial charge is 0.461 e. The van der Waals surface area contributed by atoms with Crippen LogP contribution in [0.1, 0.15) is 48.6 Å². The zero-order valence-electron chi connectivity index (χ0n) is 15.8. The number of amides is 1. The van der Waals surface area contributed by atoms with Crippen molar-refractivity contribution in [3.63, 3.8) is 0 Å². The first kappa shape index (κ1) is 18.2. The van der Waals surface area contributed by atoms with E-state index in [1.807, 2.05) is 26.8 Å². The molecule has 0 radical (unpaired) electrons. The Bertz CT molecular complexity index is 1030. The number of furan rings is 1. The van der Waals surface area contributed by atoms with E-state index in [1.165, 1.54) is 0 Å². The van der Waals surface area contributed by atoms with E-state index in [2.05, 4.69) is 12.2 Å². The molecular formula is C21H25NO4. The Morgan fingerprint density at radius 3 is 2.46 bits per heavy atom. The predicted octanol–water partition coefficient (Wildman–Crippen LogP) is 4.31. The van der Waals surface area contributed by atoms with Crippen LogP contribution in [0.3, 0.4) is 0 Å². The molecule has 5 nitrogen and oxygen atoms in total. The molecule has 0 aliphatic carbocycles. The molecule has 0 atom stereocenters. The van der Waals surface area contributed by atoms with Crippen LogP contribution in [-0.4, -0.2) is 12.5 Å². The number of nitrogens with one attached hydrogen (secondary N) is 1. The maximum absolute atomic E-state index is 12.4. The van der Waals surface area contributed by atoms with E-state index >= 15 is 0 Å². The second-order valence-electron chi connectivity index (χ2n) is 6.82. The number of benzene rings is 1. The summed E-state index contributed by atoms with van der Waals surface area (Å²) < 4.78 is 11.2. The second kappa shape index (κ2) is 7.36. The minimum Gasteiger partial charge on any atom is -0.461 e. The van der Waals surface area contributed by atoms with Gasteiger partial charge in [0.2, 0.25) is 5.91 Å². The summed E-state index contributed by atoms with van der Waals surface area (Å²) in [6.45, 7) is 8.61. The molecule has 2 aromatic heterocycles. The van der Waals surface area contributed by atoms with E-state index in [-0.39, 0.29) is 18.0 Å². The van der Waals surface area contributed by atoms with E-state index in [9.17, 15) is 9.59 Å². The summed E-state index contributed by atoms with van der Waals surface area (Å²) >= 11 is 0. The lowest BCUT2D eigenvalue weighted by atomic mass is 10.0. The first-order valence-electron chi connectivity index (χ1n) is 9.15. The molecule has 26 heavy (non-hydrogen) atoms. The van der Waals surface area contributed by atoms with Crippen molar-refractivity contribution in [2.75, 3.05) is 6.54 Å². The molecule has 5 heteroatoms. The van der Waals surface area contributed by atoms with Gasteiger partial charge in [0, 0.05) is 35.4 Å². The number of aryl methyl sites for hydroxylation is 3. The molecule has 0 fully saturated rings. The van der Waals surface area contributed by atoms with Crippen molar-refractivity contribution in [1.29, 1.82) is 0 Å². The molecule has 2 heterocycles. The highest BCUT2D eigenvalue weighted by Crippen LogP contribution is 2.31. The maximum Gasteiger partial charge on any atom is 0.339 e. The normalized spacial score (nSPS) is 11.4. The van der Waals surface area contributed by atoms with Gasteiger partial charge in [-0.1, -0.05) is 13.3 Å². The van der Waals surface area contributed by atoms with Crippen molar-refractivity contribution >= 4 is 27.8 Å². The standard InChI is InChI=1S/C21H25NO4/c1-5-6-9-22-20(23)8-7-15-13(3)17-10-16-12(2)14(4)25-18(16)11-19(17)26-21(15)24/h10-11H,5-9H2,1-4H3,(H,22,23). The molecular weight excluding hydrogens is 330 g/mol. The molecule has 1 N–H and O–H groups in total. The van der Waals surface area contributed by atoms with E-state index in [1.54, 1.807) is 6.07 Å². The van der Waals surface area contributed by atoms with E-state index in [0.717, 1.165) is 46.1 Å². The van der Waals surface area contributed by atoms with Gasteiger partial charge in [0.25, 0.3) is 0 Å². The summed E-state index contributed by atoms with van der Waals surface area (Å²) in [6.07, 6.45) is 2.66. The average Bonchev–Trinajstić information content (AvgIpc) is 2.87. The minimum atomic E-state index is -0.379. The molecule has 0 spiro atoms. The molecule has 3 aromatic rings. The lowest BCUT2D eigenvalue weighted by molar-refractivity contribution is -0.121. The topological polar surface area (TPSA) is 72.5 Å². The maximum atomic E-state index is 12.4. The number of unbranched alkanes of at least 4 members (excludes halogenated alkanes) is 1. The summed E-state index contributed by atoms with van der Waals surface area (Å²) in [7, 11) is 0. The van der Waals surface area contributed by atoms with Gasteiger partial charge < -0.3 is 14.2 Å². The van der Waals surface area contributed by atoms with Crippen molar-refractivity contribution in [3.8, 4) is 0 Å². The third kappa shape index (κ3) is 3.39. The Hall–Kier alpha value is -2.56. The van der Waals surface area contributed by atoms with Crippen molar-refractivity contribution in [2.45, 2.75) is 53.4 Å². The third-order valence-corrected chi connectivity index (χ3v) is 5.04. The summed E-state index contributed by atoms with van der Waals surface area (Å²) in [6, 6.07) is 3.79. The molecule has 0 aliphatic rings. The molecule has 0 saturated heterocycles. The van der Waals surface area contributed by atoms with Crippen LogP contribution in [0.15, 0.2) is 25.8 Å². The van der Waals surface area contributed by atoms with Crippen LogP contribution in [0.2, 0.25) is 0 Å². The molecule has 1 amide bonds. The van der Waals surface area contributed by atoms with Crippen LogP contribution >= 0.6 is 0 Å². The monoisotopic (exact) mass is 355 g/mol. The van der Waals surface area contributed by atoms with Gasteiger partial charge in [0.1, 0.15) is 16.9 Å². The fourth-order valence-electron chi connectivity index (χ4n) is 3.25. The van der Waals surface area contributed by atoms with Crippen LogP contribution in [-0.2, 0) is 11.2 Å². The Labute approximate surface area is 152 Å². The zero-order chi connectivity index (χ0) is 18.8. The molecule has 138 valence electrons. The zero-order valence-corrected chi connectivity index (χ0v) is 15.8. The Morgan fingerprint density at radius 2 is 1.73 bits per heavy atom. The Morgan fingerprint density at radius 1 is 1.04 bits per heavy atom. The number of rotatable bonds is 6. The van der Waals surface area contributed by atoms with Gasteiger partial charge in [-0.3, -0.25) is 4.79 Å². The van der Waals surface area contributed by atoms with Gasteiger partial charge in [-0.15, -0.1) is 0 Å². The highest BCUT2D eigenvalue weighted by molar-refractivity contribution is 5.96. The summed E-state index contributed by atoms with van der Waals surface area (Å²) in [5.41, 5.74) is 3.39. The van der Waals surface area contributed by atoms with Crippen molar-refractivity contribution in [3.05, 3.63) is 45.0 Å². The second-order valence-corrected chi connectivity index (χ2v) is 6.82. The number of carbonyl (C=O) groups excluding carboxylic acids is 1. The highest BCUT2D eigenvalue weighted by Gasteiger charge is 2.16. The van der Waals surface area contributed by atoms with Crippen LogP contribution in [0, 0.1) is 20.8 Å². The quantitative estimate of drug-likeness (QED) is 0.528. The fourth-order valence-corrected chi connectivity index (χ4v) is 3.25. The number of carbonyl (C=O) groups is 1. The minimum absolute atomic E-state index is 0.0332. The molecule has 3 rings (SSSR count). The van der Waals surface area contributed by atoms with Crippen LogP contribution in [0.25, 0.3) is 21.9 Å². The lowest BCUT2D eigenvalue weighted by Crippen LogP contribution is -2.25. The van der Waals surface area contributed by atoms with Crippen LogP contribution < -0.4 is 10.9 Å². The van der Waals surface area contributed by atoms with Gasteiger partial charge in [-0.2, -0.15) is 0 Å². The Kier molecular flexibility index (Phi) is 5.16. The first-order valence-corrected chi connectivity index (χ1v) is 9.15. The summed E-state index contributed by atoms with van der Waals surface area (Å²) in [5, 5.41) is 4.79. The van der Waals surface area contributed by atoms with E-state index in [4.69, 9.17) is 8.83 Å². The van der Waals surface area contributed by atoms with Gasteiger partial charge in [0.15, 0.2) is 0 Å². The highest BCUT2D eigenvalue weighted by atomic mass is 16.4. The van der Waals surface area contributed by atoms with Crippen molar-refractivity contribution in [2.24, 2.45) is 0 Å². The van der Waals surface area contributed by atoms with E-state index in [0.29, 0.717) is 24.1 Å². The first-order chi connectivity index (χ1) is 12.4. The lowest BCUT2D eigenvalue weighted by Gasteiger charge is -2.08.